The minimum Gasteiger partial charge on any atom is -0.370 e. The average Bonchev–Trinajstić information content (AvgIpc) is 2.28. The fraction of sp³-hybridized carbons (Fsp3) is 0.364. The van der Waals surface area contributed by atoms with Gasteiger partial charge in [0.05, 0.1) is 10.5 Å². The Morgan fingerprint density at radius 3 is 2.71 bits per heavy atom. The number of aliphatic imine (C=N–C) groups is 1. The predicted molar refractivity (Wildman–Crippen MR) is 66.8 cm³/mol. The lowest BCUT2D eigenvalue weighted by atomic mass is 9.94. The van der Waals surface area contributed by atoms with E-state index in [9.17, 15) is 10.1 Å². The largest absolute Gasteiger partial charge is 0.370 e. The number of nitro benzene ring substituents is 1. The Morgan fingerprint density at radius 1 is 1.53 bits per heavy atom. The molecule has 17 heavy (non-hydrogen) atoms. The van der Waals surface area contributed by atoms with Crippen molar-refractivity contribution in [2.24, 2.45) is 10.7 Å². The van der Waals surface area contributed by atoms with Gasteiger partial charge in [0.2, 0.25) is 0 Å². The van der Waals surface area contributed by atoms with Crippen molar-refractivity contribution in [3.63, 3.8) is 0 Å². The molecule has 0 bridgehead atoms. The van der Waals surface area contributed by atoms with E-state index in [1.807, 2.05) is 19.9 Å². The molecule has 3 N–H and O–H groups in total. The second-order valence-corrected chi connectivity index (χ2v) is 4.17. The highest BCUT2D eigenvalue weighted by Crippen LogP contribution is 2.23. The van der Waals surface area contributed by atoms with Crippen LogP contribution in [0.25, 0.3) is 0 Å². The highest BCUT2D eigenvalue weighted by Gasteiger charge is 2.22. The number of hydrogen-bond donors (Lipinski definition) is 2. The summed E-state index contributed by atoms with van der Waals surface area (Å²) in [5.41, 5.74) is 5.92. The van der Waals surface area contributed by atoms with Gasteiger partial charge in [-0.3, -0.25) is 15.1 Å². The number of nitrogens with zero attached hydrogens (tertiary/aromatic N) is 2. The molecule has 0 heterocycles. The number of benzene rings is 1. The number of rotatable bonds is 3. The SMILES string of the molecule is CN=C(N)NC(C)(C)c1cccc([N+](=O)[O-])c1. The third kappa shape index (κ3) is 3.17. The standard InChI is InChI=1S/C11H16N4O2/c1-11(2,14-10(12)13-3)8-5-4-6-9(7-8)15(16)17/h4-7H,1-3H3,(H3,12,13,14). The van der Waals surface area contributed by atoms with Crippen molar-refractivity contribution in [1.29, 1.82) is 0 Å². The Bertz CT molecular complexity index is 455. The van der Waals surface area contributed by atoms with Crippen LogP contribution in [0, 0.1) is 10.1 Å². The lowest BCUT2D eigenvalue weighted by Crippen LogP contribution is -2.45. The molecule has 1 rings (SSSR count). The predicted octanol–water partition coefficient (Wildman–Crippen LogP) is 1.36. The van der Waals surface area contributed by atoms with E-state index in [2.05, 4.69) is 10.3 Å². The summed E-state index contributed by atoms with van der Waals surface area (Å²) in [6, 6.07) is 6.44. The first-order valence-electron chi connectivity index (χ1n) is 5.12. The van der Waals surface area contributed by atoms with Crippen molar-refractivity contribution in [2.75, 3.05) is 7.05 Å². The van der Waals surface area contributed by atoms with E-state index in [1.165, 1.54) is 12.1 Å². The Hall–Kier alpha value is -2.11. The van der Waals surface area contributed by atoms with Crippen molar-refractivity contribution >= 4 is 11.6 Å². The van der Waals surface area contributed by atoms with Gasteiger partial charge in [0.15, 0.2) is 5.96 Å². The van der Waals surface area contributed by atoms with E-state index in [-0.39, 0.29) is 5.69 Å². The molecule has 1 aromatic carbocycles. The molecule has 6 nitrogen and oxygen atoms in total. The van der Waals surface area contributed by atoms with Gasteiger partial charge >= 0.3 is 0 Å². The summed E-state index contributed by atoms with van der Waals surface area (Å²) >= 11 is 0. The molecule has 1 aromatic rings. The van der Waals surface area contributed by atoms with Crippen LogP contribution in [-0.4, -0.2) is 17.9 Å². The van der Waals surface area contributed by atoms with Crippen LogP contribution < -0.4 is 11.1 Å². The van der Waals surface area contributed by atoms with E-state index in [1.54, 1.807) is 13.1 Å². The molecule has 0 amide bonds. The number of nitro groups is 1. The quantitative estimate of drug-likeness (QED) is 0.358. The summed E-state index contributed by atoms with van der Waals surface area (Å²) in [4.78, 5) is 14.1. The second-order valence-electron chi connectivity index (χ2n) is 4.17. The van der Waals surface area contributed by atoms with Crippen LogP contribution in [0.5, 0.6) is 0 Å². The van der Waals surface area contributed by atoms with Gasteiger partial charge in [-0.15, -0.1) is 0 Å². The number of hydrogen-bond acceptors (Lipinski definition) is 3. The smallest absolute Gasteiger partial charge is 0.269 e. The van der Waals surface area contributed by atoms with Gasteiger partial charge in [-0.25, -0.2) is 0 Å². The van der Waals surface area contributed by atoms with Gasteiger partial charge in [-0.05, 0) is 19.4 Å². The molecule has 0 fully saturated rings. The Labute approximate surface area is 99.7 Å². The molecule has 0 aliphatic rings. The fourth-order valence-electron chi connectivity index (χ4n) is 1.46. The van der Waals surface area contributed by atoms with Crippen LogP contribution in [0.2, 0.25) is 0 Å². The van der Waals surface area contributed by atoms with E-state index in [4.69, 9.17) is 5.73 Å². The number of non-ortho nitro benzene ring substituents is 1. The van der Waals surface area contributed by atoms with Gasteiger partial charge in [0.1, 0.15) is 0 Å². The molecule has 0 radical (unpaired) electrons. The molecule has 0 saturated heterocycles. The van der Waals surface area contributed by atoms with Crippen molar-refractivity contribution < 1.29 is 4.92 Å². The van der Waals surface area contributed by atoms with Crippen molar-refractivity contribution in [3.8, 4) is 0 Å². The molecular weight excluding hydrogens is 220 g/mol. The molecule has 0 aliphatic carbocycles. The zero-order valence-electron chi connectivity index (χ0n) is 10.1. The van der Waals surface area contributed by atoms with Crippen LogP contribution in [0.15, 0.2) is 29.3 Å². The maximum atomic E-state index is 10.7. The van der Waals surface area contributed by atoms with Crippen molar-refractivity contribution in [3.05, 3.63) is 39.9 Å². The summed E-state index contributed by atoms with van der Waals surface area (Å²) < 4.78 is 0. The summed E-state index contributed by atoms with van der Waals surface area (Å²) in [5.74, 6) is 0.293. The van der Waals surface area contributed by atoms with Crippen molar-refractivity contribution in [1.82, 2.24) is 5.32 Å². The molecule has 92 valence electrons. The summed E-state index contributed by atoms with van der Waals surface area (Å²) in [6.07, 6.45) is 0. The van der Waals surface area contributed by atoms with Gasteiger partial charge in [-0.1, -0.05) is 12.1 Å². The van der Waals surface area contributed by atoms with Gasteiger partial charge in [0, 0.05) is 19.2 Å². The molecule has 0 aromatic heterocycles. The first kappa shape index (κ1) is 13.0. The van der Waals surface area contributed by atoms with Gasteiger partial charge < -0.3 is 11.1 Å². The molecule has 0 unspecified atom stereocenters. The molecule has 6 heteroatoms. The lowest BCUT2D eigenvalue weighted by Gasteiger charge is -2.27. The van der Waals surface area contributed by atoms with Crippen LogP contribution in [0.3, 0.4) is 0 Å². The van der Waals surface area contributed by atoms with Gasteiger partial charge in [0.25, 0.3) is 5.69 Å². The highest BCUT2D eigenvalue weighted by atomic mass is 16.6. The molecule has 0 aliphatic heterocycles. The van der Waals surface area contributed by atoms with Crippen LogP contribution in [-0.2, 0) is 5.54 Å². The van der Waals surface area contributed by atoms with Crippen LogP contribution >= 0.6 is 0 Å². The first-order valence-corrected chi connectivity index (χ1v) is 5.12. The fourth-order valence-corrected chi connectivity index (χ4v) is 1.46. The van der Waals surface area contributed by atoms with Crippen molar-refractivity contribution in [2.45, 2.75) is 19.4 Å². The Balaban J connectivity index is 3.06. The Morgan fingerprint density at radius 2 is 2.18 bits per heavy atom. The molecule has 0 saturated carbocycles. The zero-order chi connectivity index (χ0) is 13.1. The van der Waals surface area contributed by atoms with E-state index >= 15 is 0 Å². The number of nitrogens with one attached hydrogen (secondary N) is 1. The molecule has 0 spiro atoms. The number of nitrogens with two attached hydrogens (primary N) is 1. The summed E-state index contributed by atoms with van der Waals surface area (Å²) in [5, 5.41) is 13.7. The van der Waals surface area contributed by atoms with E-state index in [0.29, 0.717) is 5.96 Å². The minimum atomic E-state index is -0.518. The maximum Gasteiger partial charge on any atom is 0.269 e. The normalized spacial score (nSPS) is 12.3. The average molecular weight is 236 g/mol. The van der Waals surface area contributed by atoms with Crippen LogP contribution in [0.1, 0.15) is 19.4 Å². The van der Waals surface area contributed by atoms with E-state index < -0.39 is 10.5 Å². The topological polar surface area (TPSA) is 93.5 Å². The van der Waals surface area contributed by atoms with E-state index in [0.717, 1.165) is 5.56 Å². The van der Waals surface area contributed by atoms with Crippen LogP contribution in [0.4, 0.5) is 5.69 Å². The maximum absolute atomic E-state index is 10.7. The first-order chi connectivity index (χ1) is 7.86. The molecule has 0 atom stereocenters. The van der Waals surface area contributed by atoms with Gasteiger partial charge in [-0.2, -0.15) is 0 Å². The molecular formula is C11H16N4O2. The zero-order valence-corrected chi connectivity index (χ0v) is 10.1. The lowest BCUT2D eigenvalue weighted by molar-refractivity contribution is -0.385. The monoisotopic (exact) mass is 236 g/mol. The third-order valence-corrected chi connectivity index (χ3v) is 2.46. The summed E-state index contributed by atoms with van der Waals surface area (Å²) in [7, 11) is 1.58. The number of guanidine groups is 1. The highest BCUT2D eigenvalue weighted by molar-refractivity contribution is 5.78. The minimum absolute atomic E-state index is 0.0596. The Kier molecular flexibility index (Phi) is 3.67. The third-order valence-electron chi connectivity index (χ3n) is 2.46. The summed E-state index contributed by atoms with van der Waals surface area (Å²) in [6.45, 7) is 3.76. The second kappa shape index (κ2) is 4.82.